The molecule has 1 fully saturated rings. The Hall–Kier alpha value is -2.80. The number of nitrogens with one attached hydrogen (secondary N) is 1. The third-order valence-electron chi connectivity index (χ3n) is 4.79. The van der Waals surface area contributed by atoms with Gasteiger partial charge < -0.3 is 16.0 Å². The van der Waals surface area contributed by atoms with Crippen LogP contribution in [0.25, 0.3) is 22.3 Å². The fourth-order valence-corrected chi connectivity index (χ4v) is 3.25. The molecule has 0 unspecified atom stereocenters. The van der Waals surface area contributed by atoms with Gasteiger partial charge in [0.15, 0.2) is 5.65 Å². The van der Waals surface area contributed by atoms with E-state index in [2.05, 4.69) is 32.2 Å². The summed E-state index contributed by atoms with van der Waals surface area (Å²) >= 11 is 0. The number of fused-ring (bicyclic) bond motifs is 1. The van der Waals surface area contributed by atoms with Gasteiger partial charge in [0, 0.05) is 11.6 Å². The van der Waals surface area contributed by atoms with Crippen molar-refractivity contribution in [1.29, 1.82) is 0 Å². The molecule has 0 spiro atoms. The van der Waals surface area contributed by atoms with Gasteiger partial charge in [0.1, 0.15) is 11.6 Å². The van der Waals surface area contributed by atoms with Crippen molar-refractivity contribution in [2.75, 3.05) is 31.2 Å². The number of rotatable bonds is 3. The minimum Gasteiger partial charge on any atom is -0.383 e. The number of aromatic nitrogens is 3. The fraction of sp³-hybridized carbons (Fsp3) is 0.316. The molecule has 7 heteroatoms. The Kier molecular flexibility index (Phi) is 4.38. The zero-order valence-corrected chi connectivity index (χ0v) is 14.6. The van der Waals surface area contributed by atoms with Crippen molar-refractivity contribution in [2.45, 2.75) is 18.9 Å². The Morgan fingerprint density at radius 1 is 1.08 bits per heavy atom. The first-order chi connectivity index (χ1) is 12.6. The van der Waals surface area contributed by atoms with E-state index in [1.54, 1.807) is 30.3 Å². The number of nitrogens with two attached hydrogens (primary N) is 1. The monoisotopic (exact) mass is 352 g/mol. The van der Waals surface area contributed by atoms with Gasteiger partial charge in [-0.05, 0) is 57.2 Å². The predicted molar refractivity (Wildman–Crippen MR) is 101 cm³/mol. The number of likely N-dealkylation sites (tertiary alicyclic amines) is 1. The number of anilines is 2. The summed E-state index contributed by atoms with van der Waals surface area (Å²) < 4.78 is 14.1. The SMILES string of the molecule is CN1CCC(Nc2nc(N)c3ccc(-c4ccccc4F)nc3n2)CC1. The second kappa shape index (κ2) is 6.84. The number of benzene rings is 1. The minimum atomic E-state index is -0.314. The van der Waals surface area contributed by atoms with Gasteiger partial charge in [-0.3, -0.25) is 0 Å². The first kappa shape index (κ1) is 16.7. The molecule has 0 radical (unpaired) electrons. The Labute approximate surface area is 151 Å². The highest BCUT2D eigenvalue weighted by Gasteiger charge is 2.18. The third-order valence-corrected chi connectivity index (χ3v) is 4.79. The average molecular weight is 352 g/mol. The minimum absolute atomic E-state index is 0.314. The Morgan fingerprint density at radius 2 is 1.85 bits per heavy atom. The van der Waals surface area contributed by atoms with Crippen molar-refractivity contribution in [3.05, 3.63) is 42.2 Å². The van der Waals surface area contributed by atoms with E-state index >= 15 is 0 Å². The Bertz CT molecular complexity index is 936. The van der Waals surface area contributed by atoms with Crippen molar-refractivity contribution in [3.63, 3.8) is 0 Å². The summed E-state index contributed by atoms with van der Waals surface area (Å²) in [5.74, 6) is 0.534. The van der Waals surface area contributed by atoms with Gasteiger partial charge in [0.25, 0.3) is 0 Å². The molecular formula is C19H21FN6. The van der Waals surface area contributed by atoms with E-state index in [4.69, 9.17) is 5.73 Å². The van der Waals surface area contributed by atoms with Crippen molar-refractivity contribution >= 4 is 22.8 Å². The molecule has 1 aliphatic rings. The number of hydrogen-bond acceptors (Lipinski definition) is 6. The molecule has 0 aliphatic carbocycles. The average Bonchev–Trinajstić information content (AvgIpc) is 2.64. The van der Waals surface area contributed by atoms with Gasteiger partial charge in [0.2, 0.25) is 5.95 Å². The summed E-state index contributed by atoms with van der Waals surface area (Å²) in [6.07, 6.45) is 2.06. The van der Waals surface area contributed by atoms with E-state index < -0.39 is 0 Å². The summed E-state index contributed by atoms with van der Waals surface area (Å²) in [4.78, 5) is 15.7. The highest BCUT2D eigenvalue weighted by molar-refractivity contribution is 5.88. The molecule has 3 aromatic rings. The lowest BCUT2D eigenvalue weighted by Crippen LogP contribution is -2.37. The van der Waals surface area contributed by atoms with E-state index in [1.165, 1.54) is 6.07 Å². The summed E-state index contributed by atoms with van der Waals surface area (Å²) in [7, 11) is 2.12. The molecule has 6 nitrogen and oxygen atoms in total. The first-order valence-corrected chi connectivity index (χ1v) is 8.74. The van der Waals surface area contributed by atoms with Crippen LogP contribution in [0.15, 0.2) is 36.4 Å². The summed E-state index contributed by atoms with van der Waals surface area (Å²) in [6, 6.07) is 10.4. The standard InChI is InChI=1S/C19H21FN6/c1-26-10-8-12(9-11-26)22-19-24-17(21)14-6-7-16(23-18(14)25-19)13-4-2-3-5-15(13)20/h2-7,12H,8-11H2,1H3,(H3,21,22,23,24,25). The number of hydrogen-bond donors (Lipinski definition) is 2. The highest BCUT2D eigenvalue weighted by Crippen LogP contribution is 2.25. The maximum Gasteiger partial charge on any atom is 0.226 e. The molecule has 0 bridgehead atoms. The van der Waals surface area contributed by atoms with Crippen LogP contribution < -0.4 is 11.1 Å². The molecule has 0 saturated carbocycles. The van der Waals surface area contributed by atoms with Crippen molar-refractivity contribution < 1.29 is 4.39 Å². The molecule has 1 aromatic carbocycles. The Morgan fingerprint density at radius 3 is 2.62 bits per heavy atom. The molecule has 26 heavy (non-hydrogen) atoms. The smallest absolute Gasteiger partial charge is 0.226 e. The van der Waals surface area contributed by atoms with Gasteiger partial charge in [-0.1, -0.05) is 12.1 Å². The zero-order valence-electron chi connectivity index (χ0n) is 14.6. The Balaban J connectivity index is 1.67. The van der Waals surface area contributed by atoms with Crippen LogP contribution in [0.1, 0.15) is 12.8 Å². The number of nitrogens with zero attached hydrogens (tertiary/aromatic N) is 4. The quantitative estimate of drug-likeness (QED) is 0.754. The molecular weight excluding hydrogens is 331 g/mol. The molecule has 1 aliphatic heterocycles. The summed E-state index contributed by atoms with van der Waals surface area (Å²) in [5, 5.41) is 4.03. The van der Waals surface area contributed by atoms with E-state index in [-0.39, 0.29) is 5.82 Å². The van der Waals surface area contributed by atoms with Crippen LogP contribution in [0.3, 0.4) is 0 Å². The molecule has 3 heterocycles. The second-order valence-electron chi connectivity index (χ2n) is 6.70. The lowest BCUT2D eigenvalue weighted by atomic mass is 10.1. The third kappa shape index (κ3) is 3.30. The second-order valence-corrected chi connectivity index (χ2v) is 6.70. The van der Waals surface area contributed by atoms with Crippen LogP contribution in [-0.2, 0) is 0 Å². The highest BCUT2D eigenvalue weighted by atomic mass is 19.1. The molecule has 134 valence electrons. The largest absolute Gasteiger partial charge is 0.383 e. The van der Waals surface area contributed by atoms with Crippen LogP contribution in [0.4, 0.5) is 16.2 Å². The summed E-state index contributed by atoms with van der Waals surface area (Å²) in [5.41, 5.74) is 7.52. The van der Waals surface area contributed by atoms with Gasteiger partial charge in [-0.15, -0.1) is 0 Å². The van der Waals surface area contributed by atoms with Crippen LogP contribution in [-0.4, -0.2) is 46.0 Å². The lowest BCUT2D eigenvalue weighted by Gasteiger charge is -2.29. The molecule has 4 rings (SSSR count). The predicted octanol–water partition coefficient (Wildman–Crippen LogP) is 2.92. The van der Waals surface area contributed by atoms with E-state index in [1.807, 2.05) is 0 Å². The number of pyridine rings is 1. The molecule has 0 amide bonds. The van der Waals surface area contributed by atoms with Crippen molar-refractivity contribution in [2.24, 2.45) is 0 Å². The van der Waals surface area contributed by atoms with Crippen LogP contribution in [0, 0.1) is 5.82 Å². The number of halogens is 1. The van der Waals surface area contributed by atoms with Crippen LogP contribution >= 0.6 is 0 Å². The molecule has 2 aromatic heterocycles. The molecule has 1 saturated heterocycles. The lowest BCUT2D eigenvalue weighted by molar-refractivity contribution is 0.263. The van der Waals surface area contributed by atoms with Crippen LogP contribution in [0.2, 0.25) is 0 Å². The summed E-state index contributed by atoms with van der Waals surface area (Å²) in [6.45, 7) is 2.08. The van der Waals surface area contributed by atoms with E-state index in [9.17, 15) is 4.39 Å². The van der Waals surface area contributed by atoms with Crippen molar-refractivity contribution in [3.8, 4) is 11.3 Å². The van der Waals surface area contributed by atoms with Gasteiger partial charge in [0.05, 0.1) is 11.1 Å². The van der Waals surface area contributed by atoms with Crippen LogP contribution in [0.5, 0.6) is 0 Å². The van der Waals surface area contributed by atoms with Gasteiger partial charge in [-0.2, -0.15) is 9.97 Å². The maximum absolute atomic E-state index is 14.1. The molecule has 0 atom stereocenters. The zero-order chi connectivity index (χ0) is 18.1. The number of nitrogen functional groups attached to an aromatic ring is 1. The molecule has 3 N–H and O–H groups in total. The van der Waals surface area contributed by atoms with Gasteiger partial charge in [-0.25, -0.2) is 9.37 Å². The first-order valence-electron chi connectivity index (χ1n) is 8.74. The van der Waals surface area contributed by atoms with E-state index in [0.29, 0.717) is 40.1 Å². The normalized spacial score (nSPS) is 16.1. The van der Waals surface area contributed by atoms with Gasteiger partial charge >= 0.3 is 0 Å². The van der Waals surface area contributed by atoms with E-state index in [0.717, 1.165) is 25.9 Å². The van der Waals surface area contributed by atoms with Crippen molar-refractivity contribution in [1.82, 2.24) is 19.9 Å². The maximum atomic E-state index is 14.1. The number of piperidine rings is 1. The fourth-order valence-electron chi connectivity index (χ4n) is 3.25. The topological polar surface area (TPSA) is 80.0 Å².